The molecule has 0 spiro atoms. The molecular formula is C16H25NO2. The van der Waals surface area contributed by atoms with Crippen LogP contribution in [0.15, 0.2) is 30.3 Å². The second-order valence-electron chi connectivity index (χ2n) is 5.41. The van der Waals surface area contributed by atoms with Crippen LogP contribution in [0, 0.1) is 5.92 Å². The normalized spacial score (nSPS) is 23.2. The average Bonchev–Trinajstić information content (AvgIpc) is 2.44. The summed E-state index contributed by atoms with van der Waals surface area (Å²) in [5.74, 6) is 1.59. The molecule has 0 saturated heterocycles. The molecule has 0 bridgehead atoms. The van der Waals surface area contributed by atoms with E-state index in [1.165, 1.54) is 12.8 Å². The van der Waals surface area contributed by atoms with Gasteiger partial charge < -0.3 is 15.2 Å². The van der Waals surface area contributed by atoms with Gasteiger partial charge in [-0.15, -0.1) is 0 Å². The molecule has 0 heterocycles. The average molecular weight is 263 g/mol. The quantitative estimate of drug-likeness (QED) is 0.743. The number of hydrogen-bond donors (Lipinski definition) is 2. The summed E-state index contributed by atoms with van der Waals surface area (Å²) in [5, 5.41) is 13.1. The molecule has 1 aromatic rings. The van der Waals surface area contributed by atoms with Crippen LogP contribution in [-0.4, -0.2) is 30.9 Å². The van der Waals surface area contributed by atoms with Crippen molar-refractivity contribution in [1.82, 2.24) is 5.32 Å². The van der Waals surface area contributed by atoms with Gasteiger partial charge in [-0.25, -0.2) is 0 Å². The molecule has 2 N–H and O–H groups in total. The molecule has 1 aliphatic rings. The van der Waals surface area contributed by atoms with Gasteiger partial charge in [0.2, 0.25) is 0 Å². The van der Waals surface area contributed by atoms with Crippen molar-refractivity contribution in [3.8, 4) is 5.75 Å². The van der Waals surface area contributed by atoms with Gasteiger partial charge in [0.1, 0.15) is 5.75 Å². The van der Waals surface area contributed by atoms with E-state index in [4.69, 9.17) is 4.74 Å². The summed E-state index contributed by atoms with van der Waals surface area (Å²) in [4.78, 5) is 0. The van der Waals surface area contributed by atoms with Crippen LogP contribution >= 0.6 is 0 Å². The number of rotatable bonds is 7. The number of aliphatic hydroxyl groups excluding tert-OH is 1. The van der Waals surface area contributed by atoms with Crippen LogP contribution in [0.4, 0.5) is 0 Å². The fourth-order valence-corrected chi connectivity index (χ4v) is 2.66. The number of hydrogen-bond acceptors (Lipinski definition) is 3. The fourth-order valence-electron chi connectivity index (χ4n) is 2.66. The first-order valence-electron chi connectivity index (χ1n) is 7.41. The maximum atomic E-state index is 9.60. The van der Waals surface area contributed by atoms with Gasteiger partial charge in [0.05, 0.1) is 12.7 Å². The van der Waals surface area contributed by atoms with Gasteiger partial charge in [0.25, 0.3) is 0 Å². The molecule has 2 rings (SSSR count). The molecule has 1 saturated carbocycles. The minimum absolute atomic E-state index is 0.0676. The van der Waals surface area contributed by atoms with E-state index in [9.17, 15) is 5.11 Å². The lowest BCUT2D eigenvalue weighted by atomic mass is 9.87. The highest BCUT2D eigenvalue weighted by molar-refractivity contribution is 5.20. The van der Waals surface area contributed by atoms with Gasteiger partial charge in [-0.2, -0.15) is 0 Å². The lowest BCUT2D eigenvalue weighted by Gasteiger charge is -2.25. The van der Waals surface area contributed by atoms with Gasteiger partial charge in [0.15, 0.2) is 0 Å². The predicted octanol–water partition coefficient (Wildman–Crippen LogP) is 2.60. The third kappa shape index (κ3) is 5.62. The molecule has 3 heteroatoms. The zero-order chi connectivity index (χ0) is 13.3. The SMILES string of the molecule is OC1CCCC(CNCCCOc2ccccc2)C1. The first-order chi connectivity index (χ1) is 9.34. The van der Waals surface area contributed by atoms with E-state index in [0.717, 1.165) is 44.7 Å². The lowest BCUT2D eigenvalue weighted by Crippen LogP contribution is -2.30. The molecule has 0 aliphatic heterocycles. The van der Waals surface area contributed by atoms with Crippen LogP contribution in [0.5, 0.6) is 5.75 Å². The molecule has 1 fully saturated rings. The van der Waals surface area contributed by atoms with Crippen molar-refractivity contribution in [3.63, 3.8) is 0 Å². The number of aliphatic hydroxyl groups is 1. The minimum Gasteiger partial charge on any atom is -0.494 e. The number of nitrogens with one attached hydrogen (secondary N) is 1. The summed E-state index contributed by atoms with van der Waals surface area (Å²) in [7, 11) is 0. The highest BCUT2D eigenvalue weighted by Crippen LogP contribution is 2.23. The van der Waals surface area contributed by atoms with E-state index in [1.807, 2.05) is 30.3 Å². The Balaban J connectivity index is 1.48. The van der Waals surface area contributed by atoms with Crippen molar-refractivity contribution in [1.29, 1.82) is 0 Å². The van der Waals surface area contributed by atoms with E-state index < -0.39 is 0 Å². The smallest absolute Gasteiger partial charge is 0.119 e. The summed E-state index contributed by atoms with van der Waals surface area (Å²) in [6.07, 6.45) is 5.33. The standard InChI is InChI=1S/C16H25NO2/c18-15-7-4-6-14(12-15)13-17-10-5-11-19-16-8-2-1-3-9-16/h1-3,8-9,14-15,17-18H,4-7,10-13H2. The van der Waals surface area contributed by atoms with Crippen LogP contribution in [0.1, 0.15) is 32.1 Å². The highest BCUT2D eigenvalue weighted by atomic mass is 16.5. The van der Waals surface area contributed by atoms with E-state index in [0.29, 0.717) is 5.92 Å². The second kappa shape index (κ2) is 8.18. The molecular weight excluding hydrogens is 238 g/mol. The van der Waals surface area contributed by atoms with E-state index in [-0.39, 0.29) is 6.10 Å². The maximum Gasteiger partial charge on any atom is 0.119 e. The van der Waals surface area contributed by atoms with Gasteiger partial charge >= 0.3 is 0 Å². The molecule has 2 unspecified atom stereocenters. The molecule has 2 atom stereocenters. The minimum atomic E-state index is -0.0676. The summed E-state index contributed by atoms with van der Waals surface area (Å²) >= 11 is 0. The Morgan fingerprint density at radius 3 is 2.84 bits per heavy atom. The van der Waals surface area contributed by atoms with E-state index in [2.05, 4.69) is 5.32 Å². The van der Waals surface area contributed by atoms with Crippen LogP contribution < -0.4 is 10.1 Å². The van der Waals surface area contributed by atoms with Gasteiger partial charge in [-0.05, 0) is 56.8 Å². The monoisotopic (exact) mass is 263 g/mol. The first kappa shape index (κ1) is 14.4. The second-order valence-corrected chi connectivity index (χ2v) is 5.41. The number of benzene rings is 1. The third-order valence-corrected chi connectivity index (χ3v) is 3.70. The molecule has 0 amide bonds. The van der Waals surface area contributed by atoms with Crippen LogP contribution in [0.2, 0.25) is 0 Å². The summed E-state index contributed by atoms with van der Waals surface area (Å²) in [6, 6.07) is 9.94. The van der Waals surface area contributed by atoms with Crippen LogP contribution in [0.3, 0.4) is 0 Å². The Morgan fingerprint density at radius 2 is 2.05 bits per heavy atom. The van der Waals surface area contributed by atoms with Gasteiger partial charge in [-0.1, -0.05) is 24.6 Å². The molecule has 1 aromatic carbocycles. The first-order valence-corrected chi connectivity index (χ1v) is 7.41. The predicted molar refractivity (Wildman–Crippen MR) is 77.4 cm³/mol. The third-order valence-electron chi connectivity index (χ3n) is 3.70. The molecule has 106 valence electrons. The molecule has 3 nitrogen and oxygen atoms in total. The lowest BCUT2D eigenvalue weighted by molar-refractivity contribution is 0.101. The largest absolute Gasteiger partial charge is 0.494 e. The molecule has 1 aliphatic carbocycles. The van der Waals surface area contributed by atoms with Crippen molar-refractivity contribution >= 4 is 0 Å². The Bertz CT molecular complexity index is 342. The van der Waals surface area contributed by atoms with Crippen molar-refractivity contribution in [2.24, 2.45) is 5.92 Å². The van der Waals surface area contributed by atoms with Crippen LogP contribution in [0.25, 0.3) is 0 Å². The Morgan fingerprint density at radius 1 is 1.21 bits per heavy atom. The van der Waals surface area contributed by atoms with Crippen molar-refractivity contribution < 1.29 is 9.84 Å². The Labute approximate surface area is 116 Å². The molecule has 0 radical (unpaired) electrons. The zero-order valence-electron chi connectivity index (χ0n) is 11.6. The van der Waals surface area contributed by atoms with Crippen molar-refractivity contribution in [2.75, 3.05) is 19.7 Å². The number of para-hydroxylation sites is 1. The zero-order valence-corrected chi connectivity index (χ0v) is 11.6. The maximum absolute atomic E-state index is 9.60. The summed E-state index contributed by atoms with van der Waals surface area (Å²) in [5.41, 5.74) is 0. The summed E-state index contributed by atoms with van der Waals surface area (Å²) < 4.78 is 5.64. The molecule has 19 heavy (non-hydrogen) atoms. The van der Waals surface area contributed by atoms with E-state index in [1.54, 1.807) is 0 Å². The van der Waals surface area contributed by atoms with Crippen molar-refractivity contribution in [3.05, 3.63) is 30.3 Å². The Hall–Kier alpha value is -1.06. The van der Waals surface area contributed by atoms with Crippen molar-refractivity contribution in [2.45, 2.75) is 38.2 Å². The number of ether oxygens (including phenoxy) is 1. The fraction of sp³-hybridized carbons (Fsp3) is 0.625. The topological polar surface area (TPSA) is 41.5 Å². The Kier molecular flexibility index (Phi) is 6.18. The highest BCUT2D eigenvalue weighted by Gasteiger charge is 2.19. The van der Waals surface area contributed by atoms with E-state index >= 15 is 0 Å². The van der Waals surface area contributed by atoms with Gasteiger partial charge in [0, 0.05) is 0 Å². The van der Waals surface area contributed by atoms with Crippen LogP contribution in [-0.2, 0) is 0 Å². The van der Waals surface area contributed by atoms with Gasteiger partial charge in [-0.3, -0.25) is 0 Å². The summed E-state index contributed by atoms with van der Waals surface area (Å²) in [6.45, 7) is 2.77. The molecule has 0 aromatic heterocycles.